The van der Waals surface area contributed by atoms with Crippen LogP contribution in [-0.4, -0.2) is 22.6 Å². The Balaban J connectivity index is 1.45. The summed E-state index contributed by atoms with van der Waals surface area (Å²) >= 11 is 0. The summed E-state index contributed by atoms with van der Waals surface area (Å²) in [7, 11) is 0. The number of nitrogens with one attached hydrogen (secondary N) is 1. The average molecular weight is 333 g/mol. The van der Waals surface area contributed by atoms with E-state index in [9.17, 15) is 9.59 Å². The smallest absolute Gasteiger partial charge is 0.331 e. The summed E-state index contributed by atoms with van der Waals surface area (Å²) in [5.41, 5.74) is 0.924. The van der Waals surface area contributed by atoms with Crippen LogP contribution in [-0.2, 0) is 4.79 Å². The first kappa shape index (κ1) is 14.2. The van der Waals surface area contributed by atoms with Crippen molar-refractivity contribution in [2.24, 2.45) is 0 Å². The number of imide groups is 1. The van der Waals surface area contributed by atoms with Crippen molar-refractivity contribution in [1.82, 2.24) is 10.5 Å². The first-order valence-corrected chi connectivity index (χ1v) is 8.24. The maximum absolute atomic E-state index is 13.0. The van der Waals surface area contributed by atoms with Gasteiger partial charge in [-0.1, -0.05) is 47.6 Å². The van der Waals surface area contributed by atoms with Gasteiger partial charge in [0.2, 0.25) is 0 Å². The van der Waals surface area contributed by atoms with Crippen molar-refractivity contribution in [2.75, 3.05) is 4.90 Å². The average Bonchev–Trinajstić information content (AvgIpc) is 3.13. The summed E-state index contributed by atoms with van der Waals surface area (Å²) in [6.45, 7) is 0. The molecule has 1 saturated carbocycles. The molecule has 1 aliphatic heterocycles. The van der Waals surface area contributed by atoms with E-state index in [1.807, 2.05) is 30.3 Å². The molecule has 2 fully saturated rings. The Kier molecular flexibility index (Phi) is 2.80. The quantitative estimate of drug-likeness (QED) is 0.731. The summed E-state index contributed by atoms with van der Waals surface area (Å²) in [5, 5.41) is 7.48. The molecule has 2 heterocycles. The molecule has 2 aromatic carbocycles. The second kappa shape index (κ2) is 4.92. The van der Waals surface area contributed by atoms with E-state index in [0.29, 0.717) is 23.8 Å². The van der Waals surface area contributed by atoms with Crippen LogP contribution in [0.2, 0.25) is 0 Å². The van der Waals surface area contributed by atoms with E-state index < -0.39 is 11.6 Å². The van der Waals surface area contributed by atoms with E-state index in [1.54, 1.807) is 12.1 Å². The molecular formula is C19H15N3O3. The maximum atomic E-state index is 13.0. The molecule has 6 heteroatoms. The van der Waals surface area contributed by atoms with Crippen LogP contribution in [0.5, 0.6) is 0 Å². The molecular weight excluding hydrogens is 318 g/mol. The highest BCUT2D eigenvalue weighted by atomic mass is 16.5. The van der Waals surface area contributed by atoms with Crippen LogP contribution < -0.4 is 10.2 Å². The van der Waals surface area contributed by atoms with Gasteiger partial charge in [0, 0.05) is 0 Å². The summed E-state index contributed by atoms with van der Waals surface area (Å²) in [5.74, 6) is 0.293. The summed E-state index contributed by atoms with van der Waals surface area (Å²) in [4.78, 5) is 26.6. The molecule has 0 unspecified atom stereocenters. The van der Waals surface area contributed by atoms with Crippen molar-refractivity contribution in [3.63, 3.8) is 0 Å². The van der Waals surface area contributed by atoms with Crippen LogP contribution in [0.15, 0.2) is 59.1 Å². The number of rotatable bonds is 2. The topological polar surface area (TPSA) is 75.4 Å². The van der Waals surface area contributed by atoms with Gasteiger partial charge in [-0.3, -0.25) is 4.79 Å². The summed E-state index contributed by atoms with van der Waals surface area (Å²) < 4.78 is 5.24. The van der Waals surface area contributed by atoms with Crippen LogP contribution in [0, 0.1) is 0 Å². The maximum Gasteiger partial charge on any atom is 0.331 e. The molecule has 25 heavy (non-hydrogen) atoms. The van der Waals surface area contributed by atoms with Gasteiger partial charge in [0.1, 0.15) is 5.54 Å². The van der Waals surface area contributed by atoms with Gasteiger partial charge in [0.15, 0.2) is 11.4 Å². The predicted octanol–water partition coefficient (Wildman–Crippen LogP) is 3.20. The second-order valence-electron chi connectivity index (χ2n) is 6.67. The monoisotopic (exact) mass is 333 g/mol. The minimum Gasteiger partial charge on any atom is -0.354 e. The number of para-hydroxylation sites is 1. The second-order valence-corrected chi connectivity index (χ2v) is 6.67. The van der Waals surface area contributed by atoms with Crippen LogP contribution in [0.1, 0.15) is 24.3 Å². The molecule has 1 aromatic heterocycles. The van der Waals surface area contributed by atoms with Gasteiger partial charge in [0.05, 0.1) is 5.39 Å². The van der Waals surface area contributed by atoms with Crippen LogP contribution in [0.25, 0.3) is 11.0 Å². The molecule has 1 spiro atoms. The first-order valence-electron chi connectivity index (χ1n) is 8.24. The van der Waals surface area contributed by atoms with Crippen molar-refractivity contribution in [3.05, 3.63) is 60.2 Å². The predicted molar refractivity (Wildman–Crippen MR) is 91.2 cm³/mol. The number of benzene rings is 2. The van der Waals surface area contributed by atoms with Crippen molar-refractivity contribution < 1.29 is 14.1 Å². The third-order valence-corrected chi connectivity index (χ3v) is 5.19. The number of carbonyl (C=O) groups excluding carboxylic acids is 2. The van der Waals surface area contributed by atoms with E-state index in [1.165, 1.54) is 5.56 Å². The Hall–Kier alpha value is -3.15. The molecule has 124 valence electrons. The van der Waals surface area contributed by atoms with Crippen LogP contribution in [0.3, 0.4) is 0 Å². The highest BCUT2D eigenvalue weighted by Crippen LogP contribution is 2.48. The van der Waals surface area contributed by atoms with Gasteiger partial charge in [-0.25, -0.2) is 9.69 Å². The summed E-state index contributed by atoms with van der Waals surface area (Å²) in [6, 6.07) is 16.8. The Morgan fingerprint density at radius 3 is 2.56 bits per heavy atom. The molecule has 1 N–H and O–H groups in total. The fourth-order valence-corrected chi connectivity index (χ4v) is 3.87. The Morgan fingerprint density at radius 1 is 1.04 bits per heavy atom. The standard InChI is InChI=1S/C19H15N3O3/c23-17-19(10-13(11-19)12-6-2-1-3-7-12)20-18(24)22(17)16-14-8-4-5-9-15(14)25-21-16/h1-9,13H,10-11H2,(H,20,24). The van der Waals surface area contributed by atoms with E-state index in [2.05, 4.69) is 22.6 Å². The minimum absolute atomic E-state index is 0.247. The number of anilines is 1. The van der Waals surface area contributed by atoms with E-state index in [4.69, 9.17) is 4.52 Å². The van der Waals surface area contributed by atoms with Gasteiger partial charge in [-0.05, 0) is 36.5 Å². The lowest BCUT2D eigenvalue weighted by atomic mass is 9.65. The van der Waals surface area contributed by atoms with E-state index in [-0.39, 0.29) is 17.6 Å². The molecule has 3 aromatic rings. The first-order chi connectivity index (χ1) is 12.2. The van der Waals surface area contributed by atoms with Gasteiger partial charge >= 0.3 is 6.03 Å². The molecule has 1 aliphatic carbocycles. The Morgan fingerprint density at radius 2 is 1.76 bits per heavy atom. The third-order valence-electron chi connectivity index (χ3n) is 5.19. The molecule has 6 nitrogen and oxygen atoms in total. The number of fused-ring (bicyclic) bond motifs is 1. The molecule has 0 radical (unpaired) electrons. The van der Waals surface area contributed by atoms with Crippen molar-refractivity contribution in [1.29, 1.82) is 0 Å². The lowest BCUT2D eigenvalue weighted by Crippen LogP contribution is -2.56. The number of urea groups is 1. The number of hydrogen-bond donors (Lipinski definition) is 1. The normalized spacial score (nSPS) is 25.4. The SMILES string of the molecule is O=C1NC2(CC(c3ccccc3)C2)C(=O)N1c1noc2ccccc12. The molecule has 0 atom stereocenters. The van der Waals surface area contributed by atoms with Gasteiger partial charge in [0.25, 0.3) is 5.91 Å². The van der Waals surface area contributed by atoms with Crippen LogP contribution in [0.4, 0.5) is 10.6 Å². The third kappa shape index (κ3) is 1.94. The number of nitrogens with zero attached hydrogens (tertiary/aromatic N) is 2. The highest BCUT2D eigenvalue weighted by molar-refractivity contribution is 6.25. The van der Waals surface area contributed by atoms with Crippen molar-refractivity contribution in [2.45, 2.75) is 24.3 Å². The summed E-state index contributed by atoms with van der Waals surface area (Å²) in [6.07, 6.45) is 1.21. The largest absolute Gasteiger partial charge is 0.354 e. The molecule has 1 saturated heterocycles. The zero-order valence-corrected chi connectivity index (χ0v) is 13.3. The minimum atomic E-state index is -0.822. The number of amides is 3. The number of carbonyl (C=O) groups is 2. The zero-order valence-electron chi connectivity index (χ0n) is 13.3. The zero-order chi connectivity index (χ0) is 17.0. The molecule has 3 amide bonds. The van der Waals surface area contributed by atoms with Gasteiger partial charge < -0.3 is 9.84 Å². The lowest BCUT2D eigenvalue weighted by molar-refractivity contribution is -0.125. The lowest BCUT2D eigenvalue weighted by Gasteiger charge is -2.42. The van der Waals surface area contributed by atoms with Gasteiger partial charge in [-0.2, -0.15) is 0 Å². The van der Waals surface area contributed by atoms with Crippen molar-refractivity contribution in [3.8, 4) is 0 Å². The van der Waals surface area contributed by atoms with Crippen LogP contribution >= 0.6 is 0 Å². The Labute approximate surface area is 143 Å². The van der Waals surface area contributed by atoms with Gasteiger partial charge in [-0.15, -0.1) is 0 Å². The number of hydrogen-bond acceptors (Lipinski definition) is 4. The van der Waals surface area contributed by atoms with Crippen molar-refractivity contribution >= 4 is 28.7 Å². The van der Waals surface area contributed by atoms with E-state index in [0.717, 1.165) is 4.90 Å². The van der Waals surface area contributed by atoms with E-state index >= 15 is 0 Å². The number of aromatic nitrogens is 1. The molecule has 5 rings (SSSR count). The highest BCUT2D eigenvalue weighted by Gasteiger charge is 2.59. The fourth-order valence-electron chi connectivity index (χ4n) is 3.87. The fraction of sp³-hybridized carbons (Fsp3) is 0.211. The molecule has 0 bridgehead atoms. The Bertz CT molecular complexity index is 989. The molecule has 2 aliphatic rings.